The summed E-state index contributed by atoms with van der Waals surface area (Å²) < 4.78 is 10.6. The van der Waals surface area contributed by atoms with Gasteiger partial charge < -0.3 is 14.5 Å². The van der Waals surface area contributed by atoms with Crippen LogP contribution in [0.15, 0.2) is 41.5 Å². The Hall–Kier alpha value is -2.49. The fraction of sp³-hybridized carbons (Fsp3) is 0.409. The quantitative estimate of drug-likeness (QED) is 0.454. The smallest absolute Gasteiger partial charge is 0.179 e. The third-order valence-corrected chi connectivity index (χ3v) is 4.38. The van der Waals surface area contributed by atoms with Crippen molar-refractivity contribution >= 4 is 16.7 Å². The van der Waals surface area contributed by atoms with Gasteiger partial charge in [0.05, 0.1) is 19.9 Å². The molecule has 0 saturated carbocycles. The summed E-state index contributed by atoms with van der Waals surface area (Å²) in [6.07, 6.45) is 7.79. The highest BCUT2D eigenvalue weighted by Crippen LogP contribution is 2.32. The zero-order chi connectivity index (χ0) is 19.1. The predicted molar refractivity (Wildman–Crippen MR) is 107 cm³/mol. The van der Waals surface area contributed by atoms with Gasteiger partial charge in [0.15, 0.2) is 17.3 Å². The van der Waals surface area contributed by atoms with E-state index >= 15 is 0 Å². The first-order valence-corrected chi connectivity index (χ1v) is 9.01. The summed E-state index contributed by atoms with van der Waals surface area (Å²) in [6, 6.07) is 5.62. The Morgan fingerprint density at radius 3 is 2.27 bits per heavy atom. The Labute approximate surface area is 155 Å². The van der Waals surface area contributed by atoms with Crippen molar-refractivity contribution in [3.05, 3.63) is 47.2 Å². The SMILES string of the molecule is COc1cc2cc(C(=O)CC/C=C(\C)CCC=C(C)C)[nH]c2cc1OC. The Morgan fingerprint density at radius 1 is 0.962 bits per heavy atom. The fourth-order valence-corrected chi connectivity index (χ4v) is 2.88. The van der Waals surface area contributed by atoms with Gasteiger partial charge in [-0.05, 0) is 52.2 Å². The summed E-state index contributed by atoms with van der Waals surface area (Å²) in [5.74, 6) is 1.43. The number of ketones is 1. The number of aromatic amines is 1. The number of nitrogens with one attached hydrogen (secondary N) is 1. The topological polar surface area (TPSA) is 51.3 Å². The van der Waals surface area contributed by atoms with Crippen LogP contribution in [0, 0.1) is 0 Å². The van der Waals surface area contributed by atoms with Gasteiger partial charge in [-0.3, -0.25) is 4.79 Å². The molecule has 0 bridgehead atoms. The van der Waals surface area contributed by atoms with Gasteiger partial charge in [0, 0.05) is 23.4 Å². The number of fused-ring (bicyclic) bond motifs is 1. The number of carbonyl (C=O) groups is 1. The lowest BCUT2D eigenvalue weighted by atomic mass is 10.1. The Morgan fingerprint density at radius 2 is 1.62 bits per heavy atom. The molecule has 2 rings (SSSR count). The number of H-pyrrole nitrogens is 1. The summed E-state index contributed by atoms with van der Waals surface area (Å²) >= 11 is 0. The minimum absolute atomic E-state index is 0.118. The summed E-state index contributed by atoms with van der Waals surface area (Å²) in [7, 11) is 3.21. The van der Waals surface area contributed by atoms with Crippen LogP contribution < -0.4 is 9.47 Å². The highest BCUT2D eigenvalue weighted by atomic mass is 16.5. The number of Topliss-reactive ketones (excluding diaryl/α,β-unsaturated/α-hetero) is 1. The van der Waals surface area contributed by atoms with Crippen LogP contribution in [0.4, 0.5) is 0 Å². The van der Waals surface area contributed by atoms with E-state index in [1.54, 1.807) is 14.2 Å². The van der Waals surface area contributed by atoms with Crippen LogP contribution in [-0.4, -0.2) is 25.0 Å². The van der Waals surface area contributed by atoms with Gasteiger partial charge >= 0.3 is 0 Å². The van der Waals surface area contributed by atoms with E-state index in [2.05, 4.69) is 37.9 Å². The van der Waals surface area contributed by atoms with Crippen molar-refractivity contribution in [2.75, 3.05) is 14.2 Å². The lowest BCUT2D eigenvalue weighted by Crippen LogP contribution is -1.98. The average Bonchev–Trinajstić information content (AvgIpc) is 3.02. The number of hydrogen-bond acceptors (Lipinski definition) is 3. The van der Waals surface area contributed by atoms with Gasteiger partial charge in [-0.15, -0.1) is 0 Å². The standard InChI is InChI=1S/C22H29NO3/c1-15(2)8-6-9-16(3)10-7-11-20(24)19-12-17-13-21(25-4)22(26-5)14-18(17)23-19/h8,10,12-14,23H,6-7,9,11H2,1-5H3/b16-10+. The molecular formula is C22H29NO3. The average molecular weight is 355 g/mol. The van der Waals surface area contributed by atoms with Crippen LogP contribution in [0.5, 0.6) is 11.5 Å². The van der Waals surface area contributed by atoms with Crippen LogP contribution in [0.1, 0.15) is 56.9 Å². The largest absolute Gasteiger partial charge is 0.493 e. The molecule has 1 heterocycles. The fourth-order valence-electron chi connectivity index (χ4n) is 2.88. The molecule has 2 aromatic rings. The number of allylic oxidation sites excluding steroid dienone is 4. The second kappa shape index (κ2) is 9.27. The number of rotatable bonds is 9. The summed E-state index contributed by atoms with van der Waals surface area (Å²) in [5.41, 5.74) is 4.19. The second-order valence-electron chi connectivity index (χ2n) is 6.81. The summed E-state index contributed by atoms with van der Waals surface area (Å²) in [6.45, 7) is 6.36. The van der Waals surface area contributed by atoms with Gasteiger partial charge in [-0.25, -0.2) is 0 Å². The molecule has 26 heavy (non-hydrogen) atoms. The number of aromatic nitrogens is 1. The number of carbonyl (C=O) groups excluding carboxylic acids is 1. The van der Waals surface area contributed by atoms with E-state index in [9.17, 15) is 4.79 Å². The molecule has 0 spiro atoms. The van der Waals surface area contributed by atoms with Crippen LogP contribution in [0.25, 0.3) is 10.9 Å². The minimum atomic E-state index is 0.118. The summed E-state index contributed by atoms with van der Waals surface area (Å²) in [4.78, 5) is 15.7. The zero-order valence-electron chi connectivity index (χ0n) is 16.4. The molecular weight excluding hydrogens is 326 g/mol. The lowest BCUT2D eigenvalue weighted by Gasteiger charge is -2.06. The van der Waals surface area contributed by atoms with Gasteiger partial charge in [-0.2, -0.15) is 0 Å². The first kappa shape index (κ1) is 19.8. The van der Waals surface area contributed by atoms with E-state index in [0.29, 0.717) is 23.6 Å². The molecule has 1 aromatic carbocycles. The molecule has 1 N–H and O–H groups in total. The van der Waals surface area contributed by atoms with Crippen molar-refractivity contribution < 1.29 is 14.3 Å². The number of ether oxygens (including phenoxy) is 2. The molecule has 0 aliphatic carbocycles. The van der Waals surface area contributed by atoms with Crippen molar-refractivity contribution in [2.45, 2.75) is 46.5 Å². The molecule has 0 amide bonds. The van der Waals surface area contributed by atoms with Crippen LogP contribution in [-0.2, 0) is 0 Å². The molecule has 0 atom stereocenters. The first-order valence-electron chi connectivity index (χ1n) is 9.01. The molecule has 140 valence electrons. The van der Waals surface area contributed by atoms with Crippen LogP contribution >= 0.6 is 0 Å². The Bertz CT molecular complexity index is 782. The maximum Gasteiger partial charge on any atom is 0.179 e. The van der Waals surface area contributed by atoms with Gasteiger partial charge in [0.1, 0.15) is 0 Å². The molecule has 0 radical (unpaired) electrons. The van der Waals surface area contributed by atoms with Crippen LogP contribution in [0.2, 0.25) is 0 Å². The van der Waals surface area contributed by atoms with E-state index in [0.717, 1.165) is 30.2 Å². The minimum Gasteiger partial charge on any atom is -0.493 e. The molecule has 4 heteroatoms. The molecule has 0 aliphatic heterocycles. The second-order valence-corrected chi connectivity index (χ2v) is 6.81. The first-order chi connectivity index (χ1) is 12.4. The van der Waals surface area contributed by atoms with Gasteiger partial charge in [-0.1, -0.05) is 23.3 Å². The Kier molecular flexibility index (Phi) is 7.07. The van der Waals surface area contributed by atoms with E-state index in [1.807, 2.05) is 18.2 Å². The van der Waals surface area contributed by atoms with E-state index in [-0.39, 0.29) is 5.78 Å². The van der Waals surface area contributed by atoms with Crippen molar-refractivity contribution in [2.24, 2.45) is 0 Å². The molecule has 0 fully saturated rings. The van der Waals surface area contributed by atoms with Crippen molar-refractivity contribution in [3.63, 3.8) is 0 Å². The normalized spacial score (nSPS) is 11.5. The maximum atomic E-state index is 12.5. The van der Waals surface area contributed by atoms with Crippen molar-refractivity contribution in [1.29, 1.82) is 0 Å². The molecule has 1 aromatic heterocycles. The van der Waals surface area contributed by atoms with Crippen LogP contribution in [0.3, 0.4) is 0 Å². The zero-order valence-corrected chi connectivity index (χ0v) is 16.4. The molecule has 0 unspecified atom stereocenters. The highest BCUT2D eigenvalue weighted by Gasteiger charge is 2.12. The Balaban J connectivity index is 2.00. The van der Waals surface area contributed by atoms with Crippen molar-refractivity contribution in [3.8, 4) is 11.5 Å². The monoisotopic (exact) mass is 355 g/mol. The van der Waals surface area contributed by atoms with Gasteiger partial charge in [0.25, 0.3) is 0 Å². The molecule has 0 aliphatic rings. The number of methoxy groups -OCH3 is 2. The number of benzene rings is 1. The third kappa shape index (κ3) is 5.25. The van der Waals surface area contributed by atoms with Gasteiger partial charge in [0.2, 0.25) is 0 Å². The molecule has 0 saturated heterocycles. The van der Waals surface area contributed by atoms with E-state index in [4.69, 9.17) is 9.47 Å². The maximum absolute atomic E-state index is 12.5. The lowest BCUT2D eigenvalue weighted by molar-refractivity contribution is 0.0979. The highest BCUT2D eigenvalue weighted by molar-refractivity contribution is 6.00. The van der Waals surface area contributed by atoms with E-state index < -0.39 is 0 Å². The van der Waals surface area contributed by atoms with E-state index in [1.165, 1.54) is 11.1 Å². The number of hydrogen-bond donors (Lipinski definition) is 1. The summed E-state index contributed by atoms with van der Waals surface area (Å²) in [5, 5.41) is 0.944. The predicted octanol–water partition coefficient (Wildman–Crippen LogP) is 5.84. The molecule has 4 nitrogen and oxygen atoms in total. The van der Waals surface area contributed by atoms with Crippen molar-refractivity contribution in [1.82, 2.24) is 4.98 Å². The third-order valence-electron chi connectivity index (χ3n) is 4.38.